The Morgan fingerprint density at radius 3 is 2.25 bits per heavy atom. The van der Waals surface area contributed by atoms with Crippen molar-refractivity contribution in [2.75, 3.05) is 0 Å². The molecule has 2 aromatic rings. The van der Waals surface area contributed by atoms with Gasteiger partial charge in [0.05, 0.1) is 5.56 Å². The molecule has 1 unspecified atom stereocenters. The molecule has 0 saturated carbocycles. The van der Waals surface area contributed by atoms with Crippen LogP contribution < -0.4 is 5.11 Å². The van der Waals surface area contributed by atoms with Crippen LogP contribution in [0.1, 0.15) is 22.0 Å². The highest BCUT2D eigenvalue weighted by atomic mass is 127. The highest BCUT2D eigenvalue weighted by molar-refractivity contribution is 14.1. The molecule has 0 N–H and O–H groups in total. The summed E-state index contributed by atoms with van der Waals surface area (Å²) >= 11 is 3.91. The van der Waals surface area contributed by atoms with Gasteiger partial charge < -0.3 is 14.6 Å². The highest BCUT2D eigenvalue weighted by Crippen LogP contribution is 2.35. The third-order valence-electron chi connectivity index (χ3n) is 3.08. The van der Waals surface area contributed by atoms with Crippen molar-refractivity contribution in [2.45, 2.75) is 12.0 Å². The first kappa shape index (κ1) is 19.0. The number of hydrogen-bond donors (Lipinski definition) is 0. The van der Waals surface area contributed by atoms with Crippen LogP contribution in [-0.4, -0.2) is 17.9 Å². The Morgan fingerprint density at radius 1 is 1.08 bits per heavy atom. The van der Waals surface area contributed by atoms with E-state index in [-0.39, 0.29) is 11.1 Å². The van der Waals surface area contributed by atoms with E-state index in [1.165, 1.54) is 30.3 Å². The molecular weight excluding hydrogens is 548 g/mol. The monoisotopic (exact) mass is 557 g/mol. The Bertz CT molecular complexity index is 766. The Morgan fingerprint density at radius 2 is 1.71 bits per heavy atom. The number of esters is 1. The Labute approximate surface area is 163 Å². The van der Waals surface area contributed by atoms with Gasteiger partial charge in [-0.05, 0) is 68.9 Å². The number of carbonyl (C=O) groups is 2. The van der Waals surface area contributed by atoms with Gasteiger partial charge in [-0.15, -0.1) is 0 Å². The quantitative estimate of drug-likeness (QED) is 0.419. The maximum atomic E-state index is 14.0. The largest absolute Gasteiger partial charge is 0.544 e. The first-order valence-corrected chi connectivity index (χ1v) is 8.69. The standard InChI is InChI=1S/C16H10F2I2O4/c17-16(18,15(22)23)13(9-4-2-1-3-5-9)24-14(21)11-7-6-10(19)8-12(11)20/h1-8,13H,(H,22,23)/p-1. The van der Waals surface area contributed by atoms with E-state index in [1.54, 1.807) is 18.2 Å². The van der Waals surface area contributed by atoms with Crippen LogP contribution in [0, 0.1) is 7.14 Å². The van der Waals surface area contributed by atoms with Gasteiger partial charge in [0.1, 0.15) is 5.97 Å². The molecule has 0 bridgehead atoms. The fraction of sp³-hybridized carbons (Fsp3) is 0.125. The molecule has 0 radical (unpaired) electrons. The predicted molar refractivity (Wildman–Crippen MR) is 96.4 cm³/mol. The Kier molecular flexibility index (Phi) is 6.12. The van der Waals surface area contributed by atoms with Crippen molar-refractivity contribution in [3.8, 4) is 0 Å². The van der Waals surface area contributed by atoms with Crippen LogP contribution in [0.2, 0.25) is 0 Å². The molecule has 0 amide bonds. The number of carboxylic acid groups (broad SMARTS) is 1. The summed E-state index contributed by atoms with van der Waals surface area (Å²) in [4.78, 5) is 23.1. The minimum absolute atomic E-state index is 0.0751. The predicted octanol–water partition coefficient (Wildman–Crippen LogP) is 3.18. The lowest BCUT2D eigenvalue weighted by Crippen LogP contribution is -2.47. The zero-order valence-electron chi connectivity index (χ0n) is 11.8. The normalized spacial score (nSPS) is 12.5. The third kappa shape index (κ3) is 4.21. The summed E-state index contributed by atoms with van der Waals surface area (Å²) in [7, 11) is 0. The SMILES string of the molecule is O=C(OC(c1ccccc1)C(F)(F)C(=O)[O-])c1ccc(I)cc1I. The number of benzene rings is 2. The molecule has 0 heterocycles. The molecule has 1 atom stereocenters. The van der Waals surface area contributed by atoms with Crippen molar-refractivity contribution in [3.63, 3.8) is 0 Å². The average molecular weight is 557 g/mol. The van der Waals surface area contributed by atoms with Crippen LogP contribution >= 0.6 is 45.2 Å². The number of carboxylic acids is 1. The van der Waals surface area contributed by atoms with E-state index < -0.39 is 24.0 Å². The van der Waals surface area contributed by atoms with Crippen LogP contribution in [0.15, 0.2) is 48.5 Å². The molecule has 0 fully saturated rings. The van der Waals surface area contributed by atoms with E-state index >= 15 is 0 Å². The number of hydrogen-bond acceptors (Lipinski definition) is 4. The summed E-state index contributed by atoms with van der Waals surface area (Å²) < 4.78 is 34.2. The van der Waals surface area contributed by atoms with E-state index in [4.69, 9.17) is 4.74 Å². The highest BCUT2D eigenvalue weighted by Gasteiger charge is 2.45. The lowest BCUT2D eigenvalue weighted by molar-refractivity contribution is -0.336. The maximum absolute atomic E-state index is 14.0. The van der Waals surface area contributed by atoms with Gasteiger partial charge in [-0.2, -0.15) is 8.78 Å². The third-order valence-corrected chi connectivity index (χ3v) is 4.64. The number of carbonyl (C=O) groups excluding carboxylic acids is 2. The van der Waals surface area contributed by atoms with Crippen molar-refractivity contribution >= 4 is 57.1 Å². The van der Waals surface area contributed by atoms with Gasteiger partial charge in [-0.1, -0.05) is 30.3 Å². The second-order valence-electron chi connectivity index (χ2n) is 4.73. The van der Waals surface area contributed by atoms with Gasteiger partial charge in [0.2, 0.25) is 0 Å². The van der Waals surface area contributed by atoms with Gasteiger partial charge in [-0.3, -0.25) is 0 Å². The van der Waals surface area contributed by atoms with E-state index in [1.807, 2.05) is 45.2 Å². The molecule has 8 heteroatoms. The molecule has 0 aliphatic rings. The minimum atomic E-state index is -4.37. The summed E-state index contributed by atoms with van der Waals surface area (Å²) in [5, 5.41) is 10.8. The van der Waals surface area contributed by atoms with Gasteiger partial charge >= 0.3 is 11.9 Å². The molecular formula is C16H9F2I2O4-. The number of halogens is 4. The van der Waals surface area contributed by atoms with Gasteiger partial charge in [0.15, 0.2) is 6.10 Å². The second kappa shape index (κ2) is 7.72. The van der Waals surface area contributed by atoms with Gasteiger partial charge in [-0.25, -0.2) is 4.79 Å². The Hall–Kier alpha value is -1.30. The molecule has 0 spiro atoms. The minimum Gasteiger partial charge on any atom is -0.544 e. The number of ether oxygens (including phenoxy) is 1. The lowest BCUT2D eigenvalue weighted by Gasteiger charge is -2.27. The molecule has 0 saturated heterocycles. The zero-order chi connectivity index (χ0) is 17.9. The molecule has 2 aromatic carbocycles. The van der Waals surface area contributed by atoms with Crippen molar-refractivity contribution in [2.24, 2.45) is 0 Å². The smallest absolute Gasteiger partial charge is 0.340 e. The topological polar surface area (TPSA) is 66.4 Å². The van der Waals surface area contributed by atoms with Crippen molar-refractivity contribution in [3.05, 3.63) is 66.8 Å². The van der Waals surface area contributed by atoms with E-state index in [9.17, 15) is 23.5 Å². The van der Waals surface area contributed by atoms with Crippen LogP contribution in [0.5, 0.6) is 0 Å². The average Bonchev–Trinajstić information content (AvgIpc) is 2.52. The molecule has 24 heavy (non-hydrogen) atoms. The summed E-state index contributed by atoms with van der Waals surface area (Å²) in [6, 6.07) is 11.7. The van der Waals surface area contributed by atoms with Crippen LogP contribution in [-0.2, 0) is 9.53 Å². The van der Waals surface area contributed by atoms with Gasteiger partial charge in [0, 0.05) is 7.14 Å². The molecule has 2 rings (SSSR count). The summed E-state index contributed by atoms with van der Waals surface area (Å²) in [6.45, 7) is 0. The Balaban J connectivity index is 2.38. The molecule has 0 aromatic heterocycles. The fourth-order valence-electron chi connectivity index (χ4n) is 1.91. The number of aliphatic carboxylic acids is 1. The van der Waals surface area contributed by atoms with E-state index in [0.29, 0.717) is 3.57 Å². The number of rotatable bonds is 5. The molecule has 0 aliphatic carbocycles. The fourth-order valence-corrected chi connectivity index (χ4v) is 3.73. The van der Waals surface area contributed by atoms with Crippen LogP contribution in [0.25, 0.3) is 0 Å². The van der Waals surface area contributed by atoms with Gasteiger partial charge in [0.25, 0.3) is 0 Å². The first-order chi connectivity index (χ1) is 11.2. The molecule has 126 valence electrons. The first-order valence-electron chi connectivity index (χ1n) is 6.53. The van der Waals surface area contributed by atoms with Crippen LogP contribution in [0.3, 0.4) is 0 Å². The van der Waals surface area contributed by atoms with E-state index in [2.05, 4.69) is 0 Å². The number of alkyl halides is 2. The molecule has 4 nitrogen and oxygen atoms in total. The summed E-state index contributed by atoms with van der Waals surface area (Å²) in [5.41, 5.74) is -0.0633. The van der Waals surface area contributed by atoms with E-state index in [0.717, 1.165) is 3.57 Å². The van der Waals surface area contributed by atoms with Crippen LogP contribution in [0.4, 0.5) is 8.78 Å². The molecule has 0 aliphatic heterocycles. The van der Waals surface area contributed by atoms with Crippen molar-refractivity contribution in [1.82, 2.24) is 0 Å². The summed E-state index contributed by atoms with van der Waals surface area (Å²) in [6.07, 6.45) is -2.29. The van der Waals surface area contributed by atoms with Crippen molar-refractivity contribution in [1.29, 1.82) is 0 Å². The second-order valence-corrected chi connectivity index (χ2v) is 7.14. The maximum Gasteiger partial charge on any atom is 0.340 e. The summed E-state index contributed by atoms with van der Waals surface area (Å²) in [5.74, 6) is -8.02. The lowest BCUT2D eigenvalue weighted by atomic mass is 10.0. The van der Waals surface area contributed by atoms with Crippen molar-refractivity contribution < 1.29 is 28.2 Å². The zero-order valence-corrected chi connectivity index (χ0v) is 16.2.